The molecule has 3 nitrogen and oxygen atoms in total. The molecule has 82 valence electrons. The van der Waals surface area contributed by atoms with Crippen molar-refractivity contribution in [3.63, 3.8) is 0 Å². The minimum atomic E-state index is 0.842. The summed E-state index contributed by atoms with van der Waals surface area (Å²) in [4.78, 5) is 4.47. The molecular formula is C13H14N2O. The predicted octanol–water partition coefficient (Wildman–Crippen LogP) is 2.80. The van der Waals surface area contributed by atoms with Crippen molar-refractivity contribution in [2.24, 2.45) is 0 Å². The Morgan fingerprint density at radius 2 is 1.94 bits per heavy atom. The first-order valence-electron chi connectivity index (χ1n) is 5.12. The van der Waals surface area contributed by atoms with Gasteiger partial charge in [0.05, 0.1) is 12.8 Å². The Bertz CT molecular complexity index is 437. The van der Waals surface area contributed by atoms with E-state index in [2.05, 4.69) is 10.3 Å². The Balaban J connectivity index is 2.41. The lowest BCUT2D eigenvalue weighted by Crippen LogP contribution is -1.93. The lowest BCUT2D eigenvalue weighted by atomic mass is 10.1. The third kappa shape index (κ3) is 2.14. The minimum absolute atomic E-state index is 0.842. The summed E-state index contributed by atoms with van der Waals surface area (Å²) in [6.45, 7) is 0. The Labute approximate surface area is 95.1 Å². The van der Waals surface area contributed by atoms with Crippen LogP contribution < -0.4 is 10.1 Å². The van der Waals surface area contributed by atoms with E-state index in [1.54, 1.807) is 7.11 Å². The fourth-order valence-electron chi connectivity index (χ4n) is 1.52. The number of hydrogen-bond acceptors (Lipinski definition) is 3. The number of nitrogens with one attached hydrogen (secondary N) is 1. The number of aromatic nitrogens is 1. The number of pyridine rings is 1. The molecule has 1 aromatic heterocycles. The third-order valence-corrected chi connectivity index (χ3v) is 2.37. The van der Waals surface area contributed by atoms with Crippen LogP contribution in [0.3, 0.4) is 0 Å². The second kappa shape index (κ2) is 4.66. The van der Waals surface area contributed by atoms with Crippen LogP contribution in [0.25, 0.3) is 11.3 Å². The molecule has 0 fully saturated rings. The molecule has 0 unspecified atom stereocenters. The fraction of sp³-hybridized carbons (Fsp3) is 0.154. The largest absolute Gasteiger partial charge is 0.497 e. The van der Waals surface area contributed by atoms with E-state index in [4.69, 9.17) is 4.74 Å². The summed E-state index contributed by atoms with van der Waals surface area (Å²) < 4.78 is 5.19. The summed E-state index contributed by atoms with van der Waals surface area (Å²) in [5.74, 6) is 1.70. The fourth-order valence-corrected chi connectivity index (χ4v) is 1.52. The Morgan fingerprint density at radius 1 is 1.12 bits per heavy atom. The highest BCUT2D eigenvalue weighted by molar-refractivity contribution is 5.62. The number of rotatable bonds is 3. The molecule has 0 amide bonds. The van der Waals surface area contributed by atoms with Gasteiger partial charge in [-0.25, -0.2) is 4.98 Å². The molecule has 1 aromatic carbocycles. The number of ether oxygens (including phenoxy) is 1. The summed E-state index contributed by atoms with van der Waals surface area (Å²) in [7, 11) is 3.52. The van der Waals surface area contributed by atoms with Crippen LogP contribution in [0.4, 0.5) is 5.82 Å². The molecule has 3 heteroatoms. The van der Waals surface area contributed by atoms with Crippen molar-refractivity contribution in [3.05, 3.63) is 42.5 Å². The molecule has 0 aliphatic heterocycles. The van der Waals surface area contributed by atoms with Gasteiger partial charge in [-0.1, -0.05) is 18.2 Å². The van der Waals surface area contributed by atoms with Gasteiger partial charge in [0.25, 0.3) is 0 Å². The van der Waals surface area contributed by atoms with E-state index in [9.17, 15) is 0 Å². The lowest BCUT2D eigenvalue weighted by Gasteiger charge is -2.05. The van der Waals surface area contributed by atoms with Gasteiger partial charge < -0.3 is 10.1 Å². The van der Waals surface area contributed by atoms with Crippen molar-refractivity contribution in [3.8, 4) is 17.0 Å². The van der Waals surface area contributed by atoms with Crippen LogP contribution in [-0.4, -0.2) is 19.1 Å². The van der Waals surface area contributed by atoms with Crippen LogP contribution in [-0.2, 0) is 0 Å². The van der Waals surface area contributed by atoms with E-state index >= 15 is 0 Å². The second-order valence-electron chi connectivity index (χ2n) is 3.39. The number of methoxy groups -OCH3 is 1. The van der Waals surface area contributed by atoms with Crippen LogP contribution in [0.5, 0.6) is 5.75 Å². The minimum Gasteiger partial charge on any atom is -0.497 e. The van der Waals surface area contributed by atoms with Crippen LogP contribution >= 0.6 is 0 Å². The van der Waals surface area contributed by atoms with Crippen molar-refractivity contribution in [1.82, 2.24) is 4.98 Å². The lowest BCUT2D eigenvalue weighted by molar-refractivity contribution is 0.415. The second-order valence-corrected chi connectivity index (χ2v) is 3.39. The maximum absolute atomic E-state index is 5.19. The number of anilines is 1. The standard InChI is InChI=1S/C13H14N2O/c1-14-13-8-4-7-12(15-13)10-5-3-6-11(9-10)16-2/h3-9H,1-2H3,(H,14,15). The summed E-state index contributed by atoms with van der Waals surface area (Å²) in [5, 5.41) is 3.02. The molecule has 1 heterocycles. The molecule has 0 saturated heterocycles. The molecule has 0 aliphatic rings. The molecule has 0 atom stereocenters. The van der Waals surface area contributed by atoms with E-state index < -0.39 is 0 Å². The van der Waals surface area contributed by atoms with Crippen LogP contribution in [0, 0.1) is 0 Å². The van der Waals surface area contributed by atoms with E-state index in [0.717, 1.165) is 22.8 Å². The average molecular weight is 214 g/mol. The van der Waals surface area contributed by atoms with Gasteiger partial charge in [0.1, 0.15) is 11.6 Å². The smallest absolute Gasteiger partial charge is 0.126 e. The highest BCUT2D eigenvalue weighted by atomic mass is 16.5. The summed E-state index contributed by atoms with van der Waals surface area (Å²) >= 11 is 0. The summed E-state index contributed by atoms with van der Waals surface area (Å²) in [5.41, 5.74) is 1.99. The quantitative estimate of drug-likeness (QED) is 0.853. The van der Waals surface area contributed by atoms with E-state index in [0.29, 0.717) is 0 Å². The van der Waals surface area contributed by atoms with Gasteiger partial charge in [0.15, 0.2) is 0 Å². The maximum Gasteiger partial charge on any atom is 0.126 e. The van der Waals surface area contributed by atoms with E-state index in [1.807, 2.05) is 49.5 Å². The monoisotopic (exact) mass is 214 g/mol. The third-order valence-electron chi connectivity index (χ3n) is 2.37. The van der Waals surface area contributed by atoms with Gasteiger partial charge in [-0.3, -0.25) is 0 Å². The van der Waals surface area contributed by atoms with Gasteiger partial charge in [-0.2, -0.15) is 0 Å². The number of nitrogens with zero attached hydrogens (tertiary/aromatic N) is 1. The molecule has 16 heavy (non-hydrogen) atoms. The van der Waals surface area contributed by atoms with E-state index in [1.165, 1.54) is 0 Å². The van der Waals surface area contributed by atoms with Crippen LogP contribution in [0.15, 0.2) is 42.5 Å². The molecule has 2 rings (SSSR count). The Morgan fingerprint density at radius 3 is 2.69 bits per heavy atom. The van der Waals surface area contributed by atoms with Gasteiger partial charge in [-0.05, 0) is 24.3 Å². The van der Waals surface area contributed by atoms with Crippen LogP contribution in [0.2, 0.25) is 0 Å². The number of benzene rings is 1. The first-order valence-corrected chi connectivity index (χ1v) is 5.12. The normalized spacial score (nSPS) is 9.88. The molecule has 0 radical (unpaired) electrons. The zero-order chi connectivity index (χ0) is 11.4. The first kappa shape index (κ1) is 10.5. The van der Waals surface area contributed by atoms with Crippen molar-refractivity contribution < 1.29 is 4.74 Å². The first-order chi connectivity index (χ1) is 7.83. The highest BCUT2D eigenvalue weighted by Gasteiger charge is 2.01. The summed E-state index contributed by atoms with van der Waals surface area (Å²) in [6.07, 6.45) is 0. The molecule has 0 spiro atoms. The molecule has 0 aliphatic carbocycles. The highest BCUT2D eigenvalue weighted by Crippen LogP contribution is 2.22. The van der Waals surface area contributed by atoms with Gasteiger partial charge in [-0.15, -0.1) is 0 Å². The summed E-state index contributed by atoms with van der Waals surface area (Å²) in [6, 6.07) is 13.8. The Kier molecular flexibility index (Phi) is 3.05. The Hall–Kier alpha value is -2.03. The zero-order valence-electron chi connectivity index (χ0n) is 9.40. The number of hydrogen-bond donors (Lipinski definition) is 1. The van der Waals surface area contributed by atoms with Gasteiger partial charge in [0.2, 0.25) is 0 Å². The van der Waals surface area contributed by atoms with Crippen molar-refractivity contribution >= 4 is 5.82 Å². The van der Waals surface area contributed by atoms with E-state index in [-0.39, 0.29) is 0 Å². The van der Waals surface area contributed by atoms with Crippen LogP contribution in [0.1, 0.15) is 0 Å². The molecule has 0 saturated carbocycles. The zero-order valence-corrected chi connectivity index (χ0v) is 9.40. The topological polar surface area (TPSA) is 34.1 Å². The van der Waals surface area contributed by atoms with Gasteiger partial charge in [0, 0.05) is 12.6 Å². The SMILES string of the molecule is CNc1cccc(-c2cccc(OC)c2)n1. The van der Waals surface area contributed by atoms with Crippen molar-refractivity contribution in [1.29, 1.82) is 0 Å². The molecule has 1 N–H and O–H groups in total. The molecular weight excluding hydrogens is 200 g/mol. The molecule has 0 bridgehead atoms. The molecule has 2 aromatic rings. The van der Waals surface area contributed by atoms with Crippen molar-refractivity contribution in [2.75, 3.05) is 19.5 Å². The predicted molar refractivity (Wildman–Crippen MR) is 65.8 cm³/mol. The van der Waals surface area contributed by atoms with Gasteiger partial charge >= 0.3 is 0 Å². The van der Waals surface area contributed by atoms with Crippen molar-refractivity contribution in [2.45, 2.75) is 0 Å². The maximum atomic E-state index is 5.19. The average Bonchev–Trinajstić information content (AvgIpc) is 2.39.